The molecule has 8 heteroatoms. The summed E-state index contributed by atoms with van der Waals surface area (Å²) in [5, 5.41) is 0. The third kappa shape index (κ3) is 5.13. The number of esters is 4. The van der Waals surface area contributed by atoms with Crippen molar-refractivity contribution in [3.05, 3.63) is 60.2 Å². The van der Waals surface area contributed by atoms with Gasteiger partial charge in [-0.25, -0.2) is 19.2 Å². The molecular formula is C31H40O8. The van der Waals surface area contributed by atoms with Gasteiger partial charge in [0.05, 0.1) is 11.1 Å². The van der Waals surface area contributed by atoms with Crippen LogP contribution in [0.25, 0.3) is 0 Å². The summed E-state index contributed by atoms with van der Waals surface area (Å²) in [4.78, 5) is 50.2. The van der Waals surface area contributed by atoms with Crippen molar-refractivity contribution in [2.75, 3.05) is 0 Å². The zero-order chi connectivity index (χ0) is 29.7. The zero-order valence-corrected chi connectivity index (χ0v) is 24.4. The Balaban J connectivity index is 1.72. The quantitative estimate of drug-likeness (QED) is 0.243. The highest BCUT2D eigenvalue weighted by atomic mass is 16.6. The number of hydrogen-bond acceptors (Lipinski definition) is 8. The van der Waals surface area contributed by atoms with E-state index in [0.717, 1.165) is 6.08 Å². The minimum atomic E-state index is -0.631. The molecule has 1 aromatic rings. The first-order valence-electron chi connectivity index (χ1n) is 13.0. The minimum Gasteiger partial charge on any atom is -0.458 e. The molecule has 0 aliphatic heterocycles. The standard InChI is InChI=1S/C31H40O8/c1-12-20(32)36-24-28(4,5)26(29(24,6)7)38-22(34)18-14-13-15-19(16-18)23(35)39-27-30(8,9)25(31(27,10)11)37-21(33)17(2)3/h12-16,24-27H,1-2H2,3-11H3. The highest BCUT2D eigenvalue weighted by molar-refractivity contribution is 5.95. The molecule has 0 saturated heterocycles. The second-order valence-corrected chi connectivity index (χ2v) is 13.0. The van der Waals surface area contributed by atoms with Crippen molar-refractivity contribution in [2.45, 2.75) is 86.7 Å². The topological polar surface area (TPSA) is 105 Å². The maximum atomic E-state index is 13.2. The highest BCUT2D eigenvalue weighted by Crippen LogP contribution is 2.58. The van der Waals surface area contributed by atoms with E-state index in [2.05, 4.69) is 13.2 Å². The average molecular weight is 541 g/mol. The Kier molecular flexibility index (Phi) is 7.69. The molecule has 2 saturated carbocycles. The van der Waals surface area contributed by atoms with Gasteiger partial charge in [0.1, 0.15) is 24.4 Å². The van der Waals surface area contributed by atoms with Crippen LogP contribution in [0.2, 0.25) is 0 Å². The molecule has 0 heterocycles. The van der Waals surface area contributed by atoms with E-state index in [4.69, 9.17) is 18.9 Å². The first-order valence-corrected chi connectivity index (χ1v) is 13.0. The zero-order valence-electron chi connectivity index (χ0n) is 24.4. The molecule has 0 unspecified atom stereocenters. The maximum Gasteiger partial charge on any atom is 0.338 e. The van der Waals surface area contributed by atoms with Crippen molar-refractivity contribution in [3.8, 4) is 0 Å². The normalized spacial score (nSPS) is 27.0. The van der Waals surface area contributed by atoms with E-state index in [0.29, 0.717) is 5.57 Å². The first-order chi connectivity index (χ1) is 17.8. The Morgan fingerprint density at radius 2 is 1.05 bits per heavy atom. The summed E-state index contributed by atoms with van der Waals surface area (Å²) in [6.45, 7) is 23.6. The predicted molar refractivity (Wildman–Crippen MR) is 145 cm³/mol. The van der Waals surface area contributed by atoms with Gasteiger partial charge < -0.3 is 18.9 Å². The van der Waals surface area contributed by atoms with Crippen LogP contribution in [0.1, 0.15) is 83.0 Å². The van der Waals surface area contributed by atoms with E-state index in [1.807, 2.05) is 55.4 Å². The van der Waals surface area contributed by atoms with Gasteiger partial charge in [0, 0.05) is 33.3 Å². The maximum absolute atomic E-state index is 13.2. The van der Waals surface area contributed by atoms with Crippen molar-refractivity contribution in [3.63, 3.8) is 0 Å². The fourth-order valence-electron chi connectivity index (χ4n) is 6.90. The third-order valence-electron chi connectivity index (χ3n) is 8.16. The number of benzene rings is 1. The summed E-state index contributed by atoms with van der Waals surface area (Å²) in [6.07, 6.45) is -0.912. The summed E-state index contributed by atoms with van der Waals surface area (Å²) in [6, 6.07) is 6.17. The molecule has 0 bridgehead atoms. The Labute approximate surface area is 230 Å². The summed E-state index contributed by atoms with van der Waals surface area (Å²) in [7, 11) is 0. The lowest BCUT2D eigenvalue weighted by molar-refractivity contribution is -0.256. The van der Waals surface area contributed by atoms with Crippen LogP contribution in [0.3, 0.4) is 0 Å². The number of carbonyl (C=O) groups is 4. The smallest absolute Gasteiger partial charge is 0.338 e. The van der Waals surface area contributed by atoms with Crippen molar-refractivity contribution in [2.24, 2.45) is 21.7 Å². The van der Waals surface area contributed by atoms with Gasteiger partial charge >= 0.3 is 23.9 Å². The van der Waals surface area contributed by atoms with Gasteiger partial charge in [-0.1, -0.05) is 74.6 Å². The molecule has 0 aromatic heterocycles. The molecule has 0 radical (unpaired) electrons. The molecule has 39 heavy (non-hydrogen) atoms. The Morgan fingerprint density at radius 3 is 1.41 bits per heavy atom. The van der Waals surface area contributed by atoms with Crippen molar-refractivity contribution in [1.29, 1.82) is 0 Å². The minimum absolute atomic E-state index is 0.197. The molecule has 2 aliphatic carbocycles. The third-order valence-corrected chi connectivity index (χ3v) is 8.16. The molecule has 1 aromatic carbocycles. The Hall–Kier alpha value is -3.42. The van der Waals surface area contributed by atoms with Gasteiger partial charge in [-0.3, -0.25) is 0 Å². The second-order valence-electron chi connectivity index (χ2n) is 13.0. The van der Waals surface area contributed by atoms with E-state index < -0.39 is 70.0 Å². The monoisotopic (exact) mass is 540 g/mol. The van der Waals surface area contributed by atoms with Gasteiger partial charge in [0.2, 0.25) is 0 Å². The highest BCUT2D eigenvalue weighted by Gasteiger charge is 2.67. The fourth-order valence-corrected chi connectivity index (χ4v) is 6.90. The van der Waals surface area contributed by atoms with Crippen LogP contribution in [-0.4, -0.2) is 48.3 Å². The fraction of sp³-hybridized carbons (Fsp3) is 0.548. The molecule has 0 spiro atoms. The van der Waals surface area contributed by atoms with Crippen LogP contribution in [0, 0.1) is 21.7 Å². The average Bonchev–Trinajstić information content (AvgIpc) is 2.85. The molecule has 0 amide bonds. The van der Waals surface area contributed by atoms with E-state index in [1.54, 1.807) is 25.1 Å². The Bertz CT molecular complexity index is 1190. The van der Waals surface area contributed by atoms with Gasteiger partial charge in [-0.05, 0) is 25.1 Å². The number of hydrogen-bond donors (Lipinski definition) is 0. The van der Waals surface area contributed by atoms with Crippen LogP contribution in [0.5, 0.6) is 0 Å². The molecule has 3 rings (SSSR count). The van der Waals surface area contributed by atoms with Crippen LogP contribution in [0.4, 0.5) is 0 Å². The molecule has 2 aliphatic rings. The summed E-state index contributed by atoms with van der Waals surface area (Å²) < 4.78 is 22.9. The van der Waals surface area contributed by atoms with Crippen LogP contribution in [0.15, 0.2) is 49.1 Å². The van der Waals surface area contributed by atoms with Crippen LogP contribution < -0.4 is 0 Å². The molecule has 8 nitrogen and oxygen atoms in total. The SMILES string of the molecule is C=CC(=O)OC1C(C)(C)C(OC(=O)c2cccc(C(=O)OC3C(C)(C)C(OC(=O)C(=C)C)C3(C)C)c2)C1(C)C. The van der Waals surface area contributed by atoms with Gasteiger partial charge in [0.25, 0.3) is 0 Å². The lowest BCUT2D eigenvalue weighted by atomic mass is 9.51. The molecular weight excluding hydrogens is 500 g/mol. The molecule has 2 fully saturated rings. The number of rotatable bonds is 8. The number of ether oxygens (including phenoxy) is 4. The number of carbonyl (C=O) groups excluding carboxylic acids is 4. The largest absolute Gasteiger partial charge is 0.458 e. The van der Waals surface area contributed by atoms with Gasteiger partial charge in [-0.15, -0.1) is 0 Å². The summed E-state index contributed by atoms with van der Waals surface area (Å²) in [5.74, 6) is -2.21. The van der Waals surface area contributed by atoms with E-state index in [-0.39, 0.29) is 11.1 Å². The van der Waals surface area contributed by atoms with Gasteiger partial charge in [-0.2, -0.15) is 0 Å². The van der Waals surface area contributed by atoms with Gasteiger partial charge in [0.15, 0.2) is 0 Å². The molecule has 0 N–H and O–H groups in total. The van der Waals surface area contributed by atoms with Crippen LogP contribution in [-0.2, 0) is 28.5 Å². The van der Waals surface area contributed by atoms with Crippen molar-refractivity contribution in [1.82, 2.24) is 0 Å². The van der Waals surface area contributed by atoms with Crippen molar-refractivity contribution < 1.29 is 38.1 Å². The van der Waals surface area contributed by atoms with Crippen LogP contribution >= 0.6 is 0 Å². The summed E-state index contributed by atoms with van der Waals surface area (Å²) in [5.41, 5.74) is -1.82. The second kappa shape index (κ2) is 9.96. The lowest BCUT2D eigenvalue weighted by Crippen LogP contribution is -2.69. The first kappa shape index (κ1) is 30.1. The summed E-state index contributed by atoms with van der Waals surface area (Å²) >= 11 is 0. The van der Waals surface area contributed by atoms with E-state index in [1.165, 1.54) is 6.07 Å². The molecule has 0 atom stereocenters. The van der Waals surface area contributed by atoms with E-state index >= 15 is 0 Å². The van der Waals surface area contributed by atoms with Crippen molar-refractivity contribution >= 4 is 23.9 Å². The molecule has 212 valence electrons. The van der Waals surface area contributed by atoms with E-state index in [9.17, 15) is 19.2 Å². The Morgan fingerprint density at radius 1 is 0.692 bits per heavy atom. The predicted octanol–water partition coefficient (Wildman–Crippen LogP) is 5.46. The lowest BCUT2D eigenvalue weighted by Gasteiger charge is -2.61.